The molecule has 0 aliphatic carbocycles. The maximum absolute atomic E-state index is 4.12. The number of rotatable bonds is 2. The van der Waals surface area contributed by atoms with E-state index in [9.17, 15) is 0 Å². The molecule has 0 aliphatic rings. The standard InChI is InChI=1S/C9H10S/c1-8(10)7-9-5-3-2-4-6-9/h2-6,10H,1,7H2. The van der Waals surface area contributed by atoms with Crippen molar-refractivity contribution in [3.63, 3.8) is 0 Å². The van der Waals surface area contributed by atoms with E-state index in [1.807, 2.05) is 18.2 Å². The first-order chi connectivity index (χ1) is 4.79. The Balaban J connectivity index is 2.67. The SMILES string of the molecule is C=C(S)Cc1ccccc1. The number of hydrogen-bond donors (Lipinski definition) is 1. The summed E-state index contributed by atoms with van der Waals surface area (Å²) in [5, 5.41) is 0. The lowest BCUT2D eigenvalue weighted by Gasteiger charge is -1.96. The van der Waals surface area contributed by atoms with Gasteiger partial charge in [0.25, 0.3) is 0 Å². The van der Waals surface area contributed by atoms with Gasteiger partial charge in [-0.1, -0.05) is 36.9 Å². The average Bonchev–Trinajstić information content (AvgIpc) is 1.88. The fourth-order valence-electron chi connectivity index (χ4n) is 0.831. The molecule has 1 rings (SSSR count). The van der Waals surface area contributed by atoms with Crippen molar-refractivity contribution in [1.82, 2.24) is 0 Å². The van der Waals surface area contributed by atoms with Gasteiger partial charge in [0.05, 0.1) is 0 Å². The van der Waals surface area contributed by atoms with Crippen LogP contribution < -0.4 is 0 Å². The third kappa shape index (κ3) is 2.28. The van der Waals surface area contributed by atoms with E-state index >= 15 is 0 Å². The summed E-state index contributed by atoms with van der Waals surface area (Å²) in [5.74, 6) is 0. The van der Waals surface area contributed by atoms with Crippen LogP contribution in [0, 0.1) is 0 Å². The van der Waals surface area contributed by atoms with Gasteiger partial charge in [-0.05, 0) is 10.5 Å². The van der Waals surface area contributed by atoms with Crippen molar-refractivity contribution in [3.8, 4) is 0 Å². The Hall–Kier alpha value is -0.690. The van der Waals surface area contributed by atoms with E-state index in [4.69, 9.17) is 0 Å². The monoisotopic (exact) mass is 150 g/mol. The molecule has 0 unspecified atom stereocenters. The van der Waals surface area contributed by atoms with Crippen molar-refractivity contribution in [3.05, 3.63) is 47.4 Å². The number of hydrogen-bond acceptors (Lipinski definition) is 1. The summed E-state index contributed by atoms with van der Waals surface area (Å²) in [6, 6.07) is 10.2. The molecule has 52 valence electrons. The predicted octanol–water partition coefficient (Wildman–Crippen LogP) is 2.67. The fraction of sp³-hybridized carbons (Fsp3) is 0.111. The first-order valence-corrected chi connectivity index (χ1v) is 3.64. The second kappa shape index (κ2) is 3.47. The van der Waals surface area contributed by atoms with Crippen molar-refractivity contribution in [1.29, 1.82) is 0 Å². The van der Waals surface area contributed by atoms with Gasteiger partial charge in [0.15, 0.2) is 0 Å². The summed E-state index contributed by atoms with van der Waals surface area (Å²) < 4.78 is 0. The molecule has 0 N–H and O–H groups in total. The highest BCUT2D eigenvalue weighted by Crippen LogP contribution is 2.07. The van der Waals surface area contributed by atoms with Crippen LogP contribution in [0.1, 0.15) is 5.56 Å². The molecule has 0 aromatic heterocycles. The van der Waals surface area contributed by atoms with Gasteiger partial charge in [0, 0.05) is 6.42 Å². The molecule has 0 nitrogen and oxygen atoms in total. The molecular formula is C9H10S. The Morgan fingerprint density at radius 2 is 1.90 bits per heavy atom. The Kier molecular flexibility index (Phi) is 2.57. The zero-order valence-corrected chi connectivity index (χ0v) is 6.64. The molecule has 0 spiro atoms. The molecule has 0 saturated carbocycles. The van der Waals surface area contributed by atoms with Crippen molar-refractivity contribution in [2.45, 2.75) is 6.42 Å². The van der Waals surface area contributed by atoms with Gasteiger partial charge in [-0.2, -0.15) is 0 Å². The van der Waals surface area contributed by atoms with Gasteiger partial charge in [-0.25, -0.2) is 0 Å². The van der Waals surface area contributed by atoms with Crippen LogP contribution in [0.15, 0.2) is 41.8 Å². The molecule has 0 heterocycles. The number of benzene rings is 1. The highest BCUT2D eigenvalue weighted by atomic mass is 32.1. The van der Waals surface area contributed by atoms with Gasteiger partial charge >= 0.3 is 0 Å². The third-order valence-corrected chi connectivity index (χ3v) is 1.41. The van der Waals surface area contributed by atoms with E-state index in [-0.39, 0.29) is 0 Å². The van der Waals surface area contributed by atoms with Crippen LogP contribution in [0.25, 0.3) is 0 Å². The summed E-state index contributed by atoms with van der Waals surface area (Å²) in [6.45, 7) is 3.71. The van der Waals surface area contributed by atoms with Crippen LogP contribution in [0.4, 0.5) is 0 Å². The van der Waals surface area contributed by atoms with Gasteiger partial charge in [0.2, 0.25) is 0 Å². The van der Waals surface area contributed by atoms with Crippen molar-refractivity contribution >= 4 is 12.6 Å². The predicted molar refractivity (Wildman–Crippen MR) is 48.3 cm³/mol. The molecule has 0 bridgehead atoms. The molecule has 1 aromatic rings. The van der Waals surface area contributed by atoms with Gasteiger partial charge in [-0.3, -0.25) is 0 Å². The highest BCUT2D eigenvalue weighted by molar-refractivity contribution is 7.84. The number of allylic oxidation sites excluding steroid dienone is 1. The molecule has 0 amide bonds. The Morgan fingerprint density at radius 1 is 1.30 bits per heavy atom. The summed E-state index contributed by atoms with van der Waals surface area (Å²) in [4.78, 5) is 0.909. The Bertz CT molecular complexity index is 213. The maximum atomic E-state index is 4.12. The molecule has 10 heavy (non-hydrogen) atoms. The minimum atomic E-state index is 0.865. The lowest BCUT2D eigenvalue weighted by Crippen LogP contribution is -1.80. The zero-order chi connectivity index (χ0) is 7.40. The molecule has 1 aromatic carbocycles. The molecule has 0 fully saturated rings. The normalized spacial score (nSPS) is 9.30. The summed E-state index contributed by atoms with van der Waals surface area (Å²) in [7, 11) is 0. The van der Waals surface area contributed by atoms with E-state index in [1.54, 1.807) is 0 Å². The van der Waals surface area contributed by atoms with Crippen LogP contribution in [0.5, 0.6) is 0 Å². The van der Waals surface area contributed by atoms with Crippen LogP contribution >= 0.6 is 12.6 Å². The quantitative estimate of drug-likeness (QED) is 0.616. The molecule has 0 aliphatic heterocycles. The molecule has 0 radical (unpaired) electrons. The topological polar surface area (TPSA) is 0 Å². The van der Waals surface area contributed by atoms with Gasteiger partial charge < -0.3 is 0 Å². The van der Waals surface area contributed by atoms with Crippen LogP contribution in [-0.4, -0.2) is 0 Å². The van der Waals surface area contributed by atoms with E-state index in [0.717, 1.165) is 11.3 Å². The fourth-order valence-corrected chi connectivity index (χ4v) is 1.01. The maximum Gasteiger partial charge on any atom is 0.00259 e. The average molecular weight is 150 g/mol. The summed E-state index contributed by atoms with van der Waals surface area (Å²) in [6.07, 6.45) is 0.865. The highest BCUT2D eigenvalue weighted by Gasteiger charge is 1.89. The second-order valence-corrected chi connectivity index (χ2v) is 2.86. The molecule has 0 atom stereocenters. The van der Waals surface area contributed by atoms with E-state index in [0.29, 0.717) is 0 Å². The second-order valence-electron chi connectivity index (χ2n) is 2.23. The van der Waals surface area contributed by atoms with Crippen LogP contribution in [-0.2, 0) is 6.42 Å². The van der Waals surface area contributed by atoms with E-state index in [1.165, 1.54) is 5.56 Å². The van der Waals surface area contributed by atoms with Crippen LogP contribution in [0.2, 0.25) is 0 Å². The zero-order valence-electron chi connectivity index (χ0n) is 5.75. The molecule has 1 heteroatoms. The first kappa shape index (κ1) is 7.42. The van der Waals surface area contributed by atoms with Gasteiger partial charge in [0.1, 0.15) is 0 Å². The molecular weight excluding hydrogens is 140 g/mol. The number of thiol groups is 1. The van der Waals surface area contributed by atoms with Gasteiger partial charge in [-0.15, -0.1) is 12.6 Å². The third-order valence-electron chi connectivity index (χ3n) is 1.25. The minimum absolute atomic E-state index is 0.865. The Morgan fingerprint density at radius 3 is 2.40 bits per heavy atom. The Labute approximate surface area is 67.0 Å². The largest absolute Gasteiger partial charge is 0.148 e. The smallest absolute Gasteiger partial charge is 0.00259 e. The summed E-state index contributed by atoms with van der Waals surface area (Å²) >= 11 is 4.12. The van der Waals surface area contributed by atoms with Crippen molar-refractivity contribution < 1.29 is 0 Å². The minimum Gasteiger partial charge on any atom is -0.148 e. The lowest BCUT2D eigenvalue weighted by atomic mass is 10.1. The first-order valence-electron chi connectivity index (χ1n) is 3.19. The van der Waals surface area contributed by atoms with Crippen LogP contribution in [0.3, 0.4) is 0 Å². The van der Waals surface area contributed by atoms with E-state index < -0.39 is 0 Å². The molecule has 0 saturated heterocycles. The van der Waals surface area contributed by atoms with E-state index in [2.05, 4.69) is 31.3 Å². The lowest BCUT2D eigenvalue weighted by molar-refractivity contribution is 1.26. The summed E-state index contributed by atoms with van der Waals surface area (Å²) in [5.41, 5.74) is 1.27. The van der Waals surface area contributed by atoms with Crippen molar-refractivity contribution in [2.75, 3.05) is 0 Å². The van der Waals surface area contributed by atoms with Crippen molar-refractivity contribution in [2.24, 2.45) is 0 Å².